The molecule has 0 saturated carbocycles. The van der Waals surface area contributed by atoms with Gasteiger partial charge in [-0.15, -0.1) is 0 Å². The van der Waals surface area contributed by atoms with Crippen LogP contribution in [0.5, 0.6) is 0 Å². The lowest BCUT2D eigenvalue weighted by Crippen LogP contribution is -2.46. The van der Waals surface area contributed by atoms with Crippen molar-refractivity contribution in [2.75, 3.05) is 26.2 Å². The molecule has 1 amide bonds. The smallest absolute Gasteiger partial charge is 0.254 e. The Morgan fingerprint density at radius 1 is 1.22 bits per heavy atom. The number of nitrogens with zero attached hydrogens (tertiary/aromatic N) is 1. The predicted octanol–water partition coefficient (Wildman–Crippen LogP) is 1.52. The molecule has 1 aromatic heterocycles. The minimum Gasteiger partial charge on any atom is -0.359 e. The van der Waals surface area contributed by atoms with Gasteiger partial charge in [-0.05, 0) is 30.5 Å². The minimum atomic E-state index is 0.130. The van der Waals surface area contributed by atoms with Gasteiger partial charge in [-0.25, -0.2) is 0 Å². The second-order valence-electron chi connectivity index (χ2n) is 4.80. The van der Waals surface area contributed by atoms with Crippen LogP contribution < -0.4 is 5.32 Å². The maximum absolute atomic E-state index is 12.3. The zero-order chi connectivity index (χ0) is 12.5. The average molecular weight is 243 g/mol. The van der Waals surface area contributed by atoms with E-state index in [4.69, 9.17) is 0 Å². The number of carbonyl (C=O) groups excluding carboxylic acids is 1. The summed E-state index contributed by atoms with van der Waals surface area (Å²) in [5.41, 5.74) is 2.93. The third-order valence-electron chi connectivity index (χ3n) is 3.41. The largest absolute Gasteiger partial charge is 0.359 e. The van der Waals surface area contributed by atoms with Crippen molar-refractivity contribution in [3.05, 3.63) is 35.5 Å². The van der Waals surface area contributed by atoms with E-state index in [-0.39, 0.29) is 5.91 Å². The first-order valence-electron chi connectivity index (χ1n) is 6.33. The van der Waals surface area contributed by atoms with Gasteiger partial charge in [-0.1, -0.05) is 6.07 Å². The summed E-state index contributed by atoms with van der Waals surface area (Å²) in [6.45, 7) is 5.38. The van der Waals surface area contributed by atoms with Crippen LogP contribution >= 0.6 is 0 Å². The van der Waals surface area contributed by atoms with Crippen LogP contribution in [0, 0.1) is 6.92 Å². The Bertz CT molecular complexity index is 582. The summed E-state index contributed by atoms with van der Waals surface area (Å²) in [5, 5.41) is 4.41. The highest BCUT2D eigenvalue weighted by molar-refractivity contribution is 5.98. The van der Waals surface area contributed by atoms with Crippen molar-refractivity contribution in [1.29, 1.82) is 0 Å². The molecule has 2 heterocycles. The Morgan fingerprint density at radius 2 is 2.00 bits per heavy atom. The lowest BCUT2D eigenvalue weighted by molar-refractivity contribution is 0.0736. The Morgan fingerprint density at radius 3 is 2.78 bits per heavy atom. The Labute approximate surface area is 106 Å². The van der Waals surface area contributed by atoms with E-state index in [1.165, 1.54) is 0 Å². The van der Waals surface area contributed by atoms with Crippen LogP contribution in [0.15, 0.2) is 24.3 Å². The van der Waals surface area contributed by atoms with Crippen molar-refractivity contribution in [1.82, 2.24) is 15.2 Å². The van der Waals surface area contributed by atoms with Gasteiger partial charge in [0.1, 0.15) is 0 Å². The molecule has 0 bridgehead atoms. The van der Waals surface area contributed by atoms with Crippen molar-refractivity contribution in [3.8, 4) is 0 Å². The summed E-state index contributed by atoms with van der Waals surface area (Å²) in [5.74, 6) is 0.130. The molecule has 0 atom stereocenters. The third kappa shape index (κ3) is 1.99. The minimum absolute atomic E-state index is 0.130. The molecule has 1 aliphatic heterocycles. The number of fused-ring (bicyclic) bond motifs is 1. The molecule has 0 unspecified atom stereocenters. The number of aromatic nitrogens is 1. The van der Waals surface area contributed by atoms with E-state index in [2.05, 4.69) is 16.4 Å². The van der Waals surface area contributed by atoms with Gasteiger partial charge in [0.25, 0.3) is 5.91 Å². The Hall–Kier alpha value is -1.81. The Balaban J connectivity index is 1.90. The van der Waals surface area contributed by atoms with Crippen molar-refractivity contribution >= 4 is 16.8 Å². The maximum Gasteiger partial charge on any atom is 0.254 e. The normalized spacial score (nSPS) is 16.2. The number of nitrogens with one attached hydrogen (secondary N) is 2. The molecule has 0 spiro atoms. The number of hydrogen-bond donors (Lipinski definition) is 2. The quantitative estimate of drug-likeness (QED) is 0.798. The average Bonchev–Trinajstić information content (AvgIpc) is 2.78. The third-order valence-corrected chi connectivity index (χ3v) is 3.41. The second kappa shape index (κ2) is 4.46. The summed E-state index contributed by atoms with van der Waals surface area (Å²) < 4.78 is 0. The molecule has 1 aliphatic rings. The fraction of sp³-hybridized carbons (Fsp3) is 0.357. The zero-order valence-electron chi connectivity index (χ0n) is 10.5. The molecular formula is C14H17N3O. The van der Waals surface area contributed by atoms with Crippen LogP contribution in [0.1, 0.15) is 16.1 Å². The predicted molar refractivity (Wildman–Crippen MR) is 71.8 cm³/mol. The number of carbonyl (C=O) groups is 1. The molecule has 3 rings (SSSR count). The van der Waals surface area contributed by atoms with Gasteiger partial charge in [0, 0.05) is 43.0 Å². The van der Waals surface area contributed by atoms with Gasteiger partial charge in [0.15, 0.2) is 0 Å². The molecule has 1 aromatic carbocycles. The van der Waals surface area contributed by atoms with E-state index in [0.717, 1.165) is 48.3 Å². The van der Waals surface area contributed by atoms with Gasteiger partial charge in [0.2, 0.25) is 0 Å². The zero-order valence-corrected chi connectivity index (χ0v) is 10.5. The summed E-state index contributed by atoms with van der Waals surface area (Å²) in [6, 6.07) is 7.97. The first-order valence-corrected chi connectivity index (χ1v) is 6.33. The fourth-order valence-electron chi connectivity index (χ4n) is 2.46. The van der Waals surface area contributed by atoms with Crippen LogP contribution in [0.4, 0.5) is 0 Å². The number of amides is 1. The molecule has 94 valence electrons. The summed E-state index contributed by atoms with van der Waals surface area (Å²) in [6.07, 6.45) is 0. The summed E-state index contributed by atoms with van der Waals surface area (Å²) >= 11 is 0. The lowest BCUT2D eigenvalue weighted by Gasteiger charge is -2.27. The molecule has 0 aliphatic carbocycles. The first-order chi connectivity index (χ1) is 8.74. The number of rotatable bonds is 1. The molecule has 2 N–H and O–H groups in total. The Kier molecular flexibility index (Phi) is 2.80. The number of benzene rings is 1. The monoisotopic (exact) mass is 243 g/mol. The number of aryl methyl sites for hydroxylation is 1. The van der Waals surface area contributed by atoms with Crippen molar-refractivity contribution < 1.29 is 4.79 Å². The SMILES string of the molecule is Cc1cc2ccc(C(=O)N3CCNCC3)cc2[nH]1. The van der Waals surface area contributed by atoms with Crippen molar-refractivity contribution in [2.45, 2.75) is 6.92 Å². The van der Waals surface area contributed by atoms with Crippen LogP contribution in [-0.4, -0.2) is 42.0 Å². The second-order valence-corrected chi connectivity index (χ2v) is 4.80. The highest BCUT2D eigenvalue weighted by Gasteiger charge is 2.18. The van der Waals surface area contributed by atoms with E-state index in [9.17, 15) is 4.79 Å². The number of aromatic amines is 1. The van der Waals surface area contributed by atoms with Gasteiger partial charge >= 0.3 is 0 Å². The number of H-pyrrole nitrogens is 1. The van der Waals surface area contributed by atoms with E-state index in [0.29, 0.717) is 0 Å². The highest BCUT2D eigenvalue weighted by atomic mass is 16.2. The van der Waals surface area contributed by atoms with Crippen LogP contribution in [-0.2, 0) is 0 Å². The van der Waals surface area contributed by atoms with Crippen LogP contribution in [0.25, 0.3) is 10.9 Å². The van der Waals surface area contributed by atoms with E-state index >= 15 is 0 Å². The number of piperazine rings is 1. The maximum atomic E-state index is 12.3. The van der Waals surface area contributed by atoms with Crippen molar-refractivity contribution in [3.63, 3.8) is 0 Å². The lowest BCUT2D eigenvalue weighted by atomic mass is 10.1. The van der Waals surface area contributed by atoms with Gasteiger partial charge < -0.3 is 15.2 Å². The van der Waals surface area contributed by atoms with Gasteiger partial charge in [-0.3, -0.25) is 4.79 Å². The number of hydrogen-bond acceptors (Lipinski definition) is 2. The van der Waals surface area contributed by atoms with E-state index in [1.807, 2.05) is 30.0 Å². The van der Waals surface area contributed by atoms with Crippen LogP contribution in [0.3, 0.4) is 0 Å². The summed E-state index contributed by atoms with van der Waals surface area (Å²) in [7, 11) is 0. The molecule has 0 radical (unpaired) electrons. The highest BCUT2D eigenvalue weighted by Crippen LogP contribution is 2.18. The van der Waals surface area contributed by atoms with Gasteiger partial charge in [-0.2, -0.15) is 0 Å². The molecule has 1 fully saturated rings. The summed E-state index contributed by atoms with van der Waals surface area (Å²) in [4.78, 5) is 17.5. The topological polar surface area (TPSA) is 48.1 Å². The van der Waals surface area contributed by atoms with Crippen molar-refractivity contribution in [2.24, 2.45) is 0 Å². The first kappa shape index (κ1) is 11.3. The molecular weight excluding hydrogens is 226 g/mol. The molecule has 2 aromatic rings. The fourth-order valence-corrected chi connectivity index (χ4v) is 2.46. The van der Waals surface area contributed by atoms with Gasteiger partial charge in [0.05, 0.1) is 0 Å². The van der Waals surface area contributed by atoms with Crippen LogP contribution in [0.2, 0.25) is 0 Å². The molecule has 4 heteroatoms. The molecule has 18 heavy (non-hydrogen) atoms. The van der Waals surface area contributed by atoms with E-state index in [1.54, 1.807) is 0 Å². The molecule has 1 saturated heterocycles. The standard InChI is InChI=1S/C14H17N3O/c1-10-8-11-2-3-12(9-13(11)16-10)14(18)17-6-4-15-5-7-17/h2-3,8-9,15-16H,4-7H2,1H3. The van der Waals surface area contributed by atoms with E-state index < -0.39 is 0 Å². The molecule has 4 nitrogen and oxygen atoms in total.